The third-order valence-electron chi connectivity index (χ3n) is 4.41. The summed E-state index contributed by atoms with van der Waals surface area (Å²) in [6.07, 6.45) is 0. The van der Waals surface area contributed by atoms with E-state index in [1.54, 1.807) is 17.7 Å². The summed E-state index contributed by atoms with van der Waals surface area (Å²) in [5.74, 6) is 2.77. The minimum absolute atomic E-state index is 0.0918. The van der Waals surface area contributed by atoms with E-state index in [4.69, 9.17) is 13.6 Å². The van der Waals surface area contributed by atoms with E-state index in [2.05, 4.69) is 15.2 Å². The Morgan fingerprint density at radius 1 is 1.17 bits per heavy atom. The second-order valence-electron chi connectivity index (χ2n) is 6.48. The SMILES string of the molecule is COCCn1c(SCc2nnc(-c3cc(C)oc3C)o2)nc2ccccc2c1=O. The number of thioether (sulfide) groups is 1. The lowest BCUT2D eigenvalue weighted by Gasteiger charge is -2.12. The van der Waals surface area contributed by atoms with Gasteiger partial charge in [0.1, 0.15) is 11.5 Å². The molecule has 0 aliphatic heterocycles. The van der Waals surface area contributed by atoms with E-state index in [1.165, 1.54) is 11.8 Å². The first-order valence-corrected chi connectivity index (χ1v) is 10.1. The van der Waals surface area contributed by atoms with E-state index in [9.17, 15) is 4.79 Å². The zero-order valence-corrected chi connectivity index (χ0v) is 17.2. The molecular weight excluding hydrogens is 392 g/mol. The first-order chi connectivity index (χ1) is 14.1. The van der Waals surface area contributed by atoms with Crippen molar-refractivity contribution in [3.05, 3.63) is 58.1 Å². The third-order valence-corrected chi connectivity index (χ3v) is 5.37. The van der Waals surface area contributed by atoms with Crippen molar-refractivity contribution in [3.63, 3.8) is 0 Å². The lowest BCUT2D eigenvalue weighted by atomic mass is 10.2. The third kappa shape index (κ3) is 3.96. The number of nitrogens with zero attached hydrogens (tertiary/aromatic N) is 4. The second-order valence-corrected chi connectivity index (χ2v) is 7.42. The molecule has 3 aromatic heterocycles. The van der Waals surface area contributed by atoms with E-state index in [1.807, 2.05) is 38.1 Å². The minimum Gasteiger partial charge on any atom is -0.466 e. The summed E-state index contributed by atoms with van der Waals surface area (Å²) in [6.45, 7) is 4.55. The molecule has 1 aromatic carbocycles. The van der Waals surface area contributed by atoms with Crippen LogP contribution in [0.25, 0.3) is 22.4 Å². The number of benzene rings is 1. The molecule has 0 N–H and O–H groups in total. The van der Waals surface area contributed by atoms with Crippen LogP contribution < -0.4 is 5.56 Å². The highest BCUT2D eigenvalue weighted by molar-refractivity contribution is 7.98. The highest BCUT2D eigenvalue weighted by Gasteiger charge is 2.16. The lowest BCUT2D eigenvalue weighted by Crippen LogP contribution is -2.25. The number of aromatic nitrogens is 4. The number of methoxy groups -OCH3 is 1. The summed E-state index contributed by atoms with van der Waals surface area (Å²) in [7, 11) is 1.60. The van der Waals surface area contributed by atoms with E-state index >= 15 is 0 Å². The maximum atomic E-state index is 12.9. The normalized spacial score (nSPS) is 11.4. The quantitative estimate of drug-likeness (QED) is 0.336. The number of ether oxygens (including phenoxy) is 1. The monoisotopic (exact) mass is 412 g/mol. The fourth-order valence-corrected chi connectivity index (χ4v) is 3.89. The summed E-state index contributed by atoms with van der Waals surface area (Å²) in [6, 6.07) is 9.17. The van der Waals surface area contributed by atoms with Crippen molar-refractivity contribution in [3.8, 4) is 11.5 Å². The van der Waals surface area contributed by atoms with Crippen molar-refractivity contribution in [2.24, 2.45) is 0 Å². The molecule has 4 aromatic rings. The lowest BCUT2D eigenvalue weighted by molar-refractivity contribution is 0.183. The molecule has 0 fully saturated rings. The van der Waals surface area contributed by atoms with Gasteiger partial charge in [-0.05, 0) is 32.0 Å². The molecule has 0 aliphatic rings. The molecule has 0 amide bonds. The smallest absolute Gasteiger partial charge is 0.262 e. The number of furan rings is 1. The van der Waals surface area contributed by atoms with Crippen LogP contribution in [0, 0.1) is 13.8 Å². The number of hydrogen-bond acceptors (Lipinski definition) is 8. The molecule has 0 radical (unpaired) electrons. The first kappa shape index (κ1) is 19.4. The van der Waals surface area contributed by atoms with E-state index < -0.39 is 0 Å². The van der Waals surface area contributed by atoms with Gasteiger partial charge in [0.25, 0.3) is 11.4 Å². The molecule has 29 heavy (non-hydrogen) atoms. The van der Waals surface area contributed by atoms with E-state index in [-0.39, 0.29) is 5.56 Å². The van der Waals surface area contributed by atoms with Crippen LogP contribution >= 0.6 is 11.8 Å². The first-order valence-electron chi connectivity index (χ1n) is 9.08. The van der Waals surface area contributed by atoms with Gasteiger partial charge in [-0.15, -0.1) is 10.2 Å². The fraction of sp³-hybridized carbons (Fsp3) is 0.300. The number of aryl methyl sites for hydroxylation is 2. The Hall–Kier alpha value is -2.91. The van der Waals surface area contributed by atoms with Crippen molar-refractivity contribution in [2.75, 3.05) is 13.7 Å². The van der Waals surface area contributed by atoms with Gasteiger partial charge in [-0.25, -0.2) is 4.98 Å². The van der Waals surface area contributed by atoms with Crippen LogP contribution in [-0.2, 0) is 17.0 Å². The number of fused-ring (bicyclic) bond motifs is 1. The minimum atomic E-state index is -0.0918. The molecular formula is C20H20N4O4S. The number of rotatable bonds is 7. The summed E-state index contributed by atoms with van der Waals surface area (Å²) in [5, 5.41) is 9.40. The highest BCUT2D eigenvalue weighted by Crippen LogP contribution is 2.27. The Labute approximate surface area is 170 Å². The van der Waals surface area contributed by atoms with Crippen LogP contribution in [-0.4, -0.2) is 33.5 Å². The Bertz CT molecular complexity index is 1210. The number of hydrogen-bond donors (Lipinski definition) is 0. The maximum Gasteiger partial charge on any atom is 0.262 e. The summed E-state index contributed by atoms with van der Waals surface area (Å²) in [5.41, 5.74) is 1.35. The van der Waals surface area contributed by atoms with Gasteiger partial charge in [-0.3, -0.25) is 9.36 Å². The highest BCUT2D eigenvalue weighted by atomic mass is 32.2. The standard InChI is InChI=1S/C20H20N4O4S/c1-12-10-15(13(2)27-12)18-23-22-17(28-18)11-29-20-21-16-7-5-4-6-14(16)19(25)24(20)8-9-26-3/h4-7,10H,8-9,11H2,1-3H3. The molecule has 4 rings (SSSR count). The van der Waals surface area contributed by atoms with Crippen LogP contribution in [0.1, 0.15) is 17.4 Å². The molecule has 0 spiro atoms. The Morgan fingerprint density at radius 3 is 2.76 bits per heavy atom. The fourth-order valence-electron chi connectivity index (χ4n) is 3.03. The predicted octanol–water partition coefficient (Wildman–Crippen LogP) is 3.60. The van der Waals surface area contributed by atoms with Gasteiger partial charge in [0, 0.05) is 7.11 Å². The van der Waals surface area contributed by atoms with Crippen LogP contribution in [0.4, 0.5) is 0 Å². The molecule has 3 heterocycles. The molecule has 0 aliphatic carbocycles. The van der Waals surface area contributed by atoms with Gasteiger partial charge >= 0.3 is 0 Å². The summed E-state index contributed by atoms with van der Waals surface area (Å²) in [4.78, 5) is 17.5. The van der Waals surface area contributed by atoms with Gasteiger partial charge in [0.2, 0.25) is 5.89 Å². The second kappa shape index (κ2) is 8.22. The van der Waals surface area contributed by atoms with Crippen molar-refractivity contribution in [1.29, 1.82) is 0 Å². The van der Waals surface area contributed by atoms with Crippen LogP contribution in [0.15, 0.2) is 49.1 Å². The van der Waals surface area contributed by atoms with E-state index in [0.717, 1.165) is 17.1 Å². The van der Waals surface area contributed by atoms with Gasteiger partial charge in [0.15, 0.2) is 5.16 Å². The summed E-state index contributed by atoms with van der Waals surface area (Å²) >= 11 is 1.37. The molecule has 9 heteroatoms. The van der Waals surface area contributed by atoms with Crippen molar-refractivity contribution < 1.29 is 13.6 Å². The molecule has 150 valence electrons. The summed E-state index contributed by atoms with van der Waals surface area (Å²) < 4.78 is 18.1. The van der Waals surface area contributed by atoms with Gasteiger partial charge in [-0.2, -0.15) is 0 Å². The Morgan fingerprint density at radius 2 is 2.00 bits per heavy atom. The van der Waals surface area contributed by atoms with Crippen LogP contribution in [0.2, 0.25) is 0 Å². The largest absolute Gasteiger partial charge is 0.466 e. The van der Waals surface area contributed by atoms with Crippen LogP contribution in [0.5, 0.6) is 0 Å². The Kier molecular flexibility index (Phi) is 5.50. The Balaban J connectivity index is 1.61. The van der Waals surface area contributed by atoms with Crippen molar-refractivity contribution in [2.45, 2.75) is 31.3 Å². The molecule has 0 bridgehead atoms. The van der Waals surface area contributed by atoms with Crippen molar-refractivity contribution in [1.82, 2.24) is 19.7 Å². The molecule has 0 atom stereocenters. The molecule has 0 saturated heterocycles. The number of para-hydroxylation sites is 1. The zero-order chi connectivity index (χ0) is 20.4. The predicted molar refractivity (Wildman–Crippen MR) is 109 cm³/mol. The molecule has 8 nitrogen and oxygen atoms in total. The van der Waals surface area contributed by atoms with Gasteiger partial charge < -0.3 is 13.6 Å². The van der Waals surface area contributed by atoms with Gasteiger partial charge in [0.05, 0.1) is 35.4 Å². The topological polar surface area (TPSA) is 96.2 Å². The molecule has 0 unspecified atom stereocenters. The average molecular weight is 412 g/mol. The van der Waals surface area contributed by atoms with E-state index in [0.29, 0.717) is 46.7 Å². The van der Waals surface area contributed by atoms with Crippen LogP contribution in [0.3, 0.4) is 0 Å². The van der Waals surface area contributed by atoms with Gasteiger partial charge in [-0.1, -0.05) is 23.9 Å². The zero-order valence-electron chi connectivity index (χ0n) is 16.3. The molecule has 0 saturated carbocycles. The van der Waals surface area contributed by atoms with Crippen molar-refractivity contribution >= 4 is 22.7 Å². The average Bonchev–Trinajstić information content (AvgIpc) is 3.31. The maximum absolute atomic E-state index is 12.9.